The van der Waals surface area contributed by atoms with Crippen molar-refractivity contribution in [1.29, 1.82) is 0 Å². The number of carbonyl (C=O) groups is 1. The summed E-state index contributed by atoms with van der Waals surface area (Å²) in [6.45, 7) is 3.25. The van der Waals surface area contributed by atoms with Crippen molar-refractivity contribution in [2.45, 2.75) is 5.60 Å². The zero-order chi connectivity index (χ0) is 13.1. The average Bonchev–Trinajstić information content (AvgIpc) is 2.69. The molecule has 6 nitrogen and oxygen atoms in total. The van der Waals surface area contributed by atoms with Crippen molar-refractivity contribution in [3.05, 3.63) is 24.5 Å². The van der Waals surface area contributed by atoms with Crippen LogP contribution in [0.4, 0.5) is 5.69 Å². The molecule has 2 saturated heterocycles. The quantitative estimate of drug-likeness (QED) is 0.760. The van der Waals surface area contributed by atoms with Crippen LogP contribution in [0, 0.1) is 0 Å². The van der Waals surface area contributed by atoms with Crippen LogP contribution in [0.1, 0.15) is 0 Å². The summed E-state index contributed by atoms with van der Waals surface area (Å²) in [5.74, 6) is -0.0390. The molecule has 1 aromatic rings. The predicted molar refractivity (Wildman–Crippen MR) is 69.0 cm³/mol. The largest absolute Gasteiger partial charge is 0.377 e. The van der Waals surface area contributed by atoms with Crippen LogP contribution in [0.25, 0.3) is 0 Å². The van der Waals surface area contributed by atoms with Gasteiger partial charge in [0, 0.05) is 19.3 Å². The topological polar surface area (TPSA) is 63.7 Å². The van der Waals surface area contributed by atoms with Gasteiger partial charge < -0.3 is 19.7 Å². The number of amides is 1. The van der Waals surface area contributed by atoms with E-state index in [0.29, 0.717) is 26.3 Å². The second kappa shape index (κ2) is 5.24. The Bertz CT molecular complexity index is 444. The zero-order valence-corrected chi connectivity index (χ0v) is 10.7. The lowest BCUT2D eigenvalue weighted by atomic mass is 10.0. The van der Waals surface area contributed by atoms with Gasteiger partial charge in [-0.2, -0.15) is 0 Å². The van der Waals surface area contributed by atoms with Crippen molar-refractivity contribution in [2.24, 2.45) is 0 Å². The van der Waals surface area contributed by atoms with Gasteiger partial charge >= 0.3 is 0 Å². The van der Waals surface area contributed by atoms with Crippen LogP contribution in [-0.2, 0) is 14.3 Å². The van der Waals surface area contributed by atoms with Crippen molar-refractivity contribution < 1.29 is 14.3 Å². The van der Waals surface area contributed by atoms with Gasteiger partial charge in [-0.1, -0.05) is 0 Å². The Balaban J connectivity index is 1.82. The van der Waals surface area contributed by atoms with E-state index < -0.39 is 5.60 Å². The zero-order valence-electron chi connectivity index (χ0n) is 10.7. The molecule has 1 atom stereocenters. The molecule has 1 N–H and O–H groups in total. The summed E-state index contributed by atoms with van der Waals surface area (Å²) in [5.41, 5.74) is 0.347. The molecular formula is C13H17N3O3. The highest BCUT2D eigenvalue weighted by Crippen LogP contribution is 2.24. The first kappa shape index (κ1) is 12.5. The Morgan fingerprint density at radius 2 is 2.42 bits per heavy atom. The predicted octanol–water partition coefficient (Wildman–Crippen LogP) is -0.197. The van der Waals surface area contributed by atoms with E-state index in [1.807, 2.05) is 12.1 Å². The van der Waals surface area contributed by atoms with Crippen molar-refractivity contribution in [3.63, 3.8) is 0 Å². The van der Waals surface area contributed by atoms with E-state index in [4.69, 9.17) is 9.47 Å². The molecule has 0 saturated carbocycles. The van der Waals surface area contributed by atoms with E-state index in [9.17, 15) is 4.79 Å². The third-order valence-electron chi connectivity index (χ3n) is 3.44. The first-order valence-corrected chi connectivity index (χ1v) is 6.42. The fourth-order valence-corrected chi connectivity index (χ4v) is 2.43. The summed E-state index contributed by atoms with van der Waals surface area (Å²) in [5, 5.41) is 3.29. The molecule has 2 aliphatic rings. The number of nitrogens with one attached hydrogen (secondary N) is 1. The number of carbonyl (C=O) groups excluding carboxylic acids is 1. The van der Waals surface area contributed by atoms with Crippen LogP contribution >= 0.6 is 0 Å². The Morgan fingerprint density at radius 1 is 1.47 bits per heavy atom. The SMILES string of the molecule is O=C1COC2(CNCCOC2)CN1c1cccnc1. The molecule has 1 spiro atoms. The van der Waals surface area contributed by atoms with Gasteiger partial charge in [-0.25, -0.2) is 0 Å². The lowest BCUT2D eigenvalue weighted by Crippen LogP contribution is -2.60. The third-order valence-corrected chi connectivity index (χ3v) is 3.44. The van der Waals surface area contributed by atoms with Crippen molar-refractivity contribution >= 4 is 11.6 Å². The maximum absolute atomic E-state index is 12.0. The first-order valence-electron chi connectivity index (χ1n) is 6.42. The van der Waals surface area contributed by atoms with E-state index in [1.54, 1.807) is 17.3 Å². The third kappa shape index (κ3) is 2.60. The molecule has 2 aliphatic heterocycles. The molecule has 3 heterocycles. The minimum atomic E-state index is -0.458. The lowest BCUT2D eigenvalue weighted by molar-refractivity contribution is -0.144. The molecule has 102 valence electrons. The van der Waals surface area contributed by atoms with Crippen LogP contribution in [0.3, 0.4) is 0 Å². The molecule has 0 aliphatic carbocycles. The maximum atomic E-state index is 12.0. The highest BCUT2D eigenvalue weighted by Gasteiger charge is 2.41. The van der Waals surface area contributed by atoms with Gasteiger partial charge in [-0.15, -0.1) is 0 Å². The van der Waals surface area contributed by atoms with Crippen LogP contribution < -0.4 is 10.2 Å². The van der Waals surface area contributed by atoms with Gasteiger partial charge in [-0.3, -0.25) is 9.78 Å². The van der Waals surface area contributed by atoms with Gasteiger partial charge in [0.05, 0.1) is 31.6 Å². The number of ether oxygens (including phenoxy) is 2. The van der Waals surface area contributed by atoms with E-state index in [2.05, 4.69) is 10.3 Å². The van der Waals surface area contributed by atoms with E-state index in [1.165, 1.54) is 0 Å². The molecule has 2 fully saturated rings. The number of anilines is 1. The second-order valence-corrected chi connectivity index (χ2v) is 4.89. The Morgan fingerprint density at radius 3 is 3.26 bits per heavy atom. The number of nitrogens with zero attached hydrogens (tertiary/aromatic N) is 2. The average molecular weight is 263 g/mol. The number of hydrogen-bond donors (Lipinski definition) is 1. The van der Waals surface area contributed by atoms with Crippen molar-refractivity contribution in [1.82, 2.24) is 10.3 Å². The van der Waals surface area contributed by atoms with Crippen LogP contribution in [0.2, 0.25) is 0 Å². The smallest absolute Gasteiger partial charge is 0.253 e. The van der Waals surface area contributed by atoms with Crippen molar-refractivity contribution in [3.8, 4) is 0 Å². The fraction of sp³-hybridized carbons (Fsp3) is 0.538. The molecule has 0 aromatic carbocycles. The number of morpholine rings is 1. The first-order chi connectivity index (χ1) is 9.29. The van der Waals surface area contributed by atoms with Gasteiger partial charge in [0.2, 0.25) is 0 Å². The normalized spacial score (nSPS) is 28.4. The molecule has 19 heavy (non-hydrogen) atoms. The standard InChI is InChI=1S/C13H17N3O3/c17-12-7-19-13(8-15-4-5-18-10-13)9-16(12)11-2-1-3-14-6-11/h1-3,6,15H,4-5,7-10H2. The molecule has 3 rings (SSSR count). The molecule has 0 bridgehead atoms. The monoisotopic (exact) mass is 263 g/mol. The van der Waals surface area contributed by atoms with Gasteiger partial charge in [0.25, 0.3) is 5.91 Å². The Hall–Kier alpha value is -1.50. The molecular weight excluding hydrogens is 246 g/mol. The van der Waals surface area contributed by atoms with E-state index in [0.717, 1.165) is 12.2 Å². The van der Waals surface area contributed by atoms with E-state index >= 15 is 0 Å². The number of rotatable bonds is 1. The maximum Gasteiger partial charge on any atom is 0.253 e. The minimum Gasteiger partial charge on any atom is -0.377 e. The van der Waals surface area contributed by atoms with Crippen molar-refractivity contribution in [2.75, 3.05) is 44.4 Å². The Kier molecular flexibility index (Phi) is 3.46. The molecule has 0 radical (unpaired) electrons. The van der Waals surface area contributed by atoms with E-state index in [-0.39, 0.29) is 12.5 Å². The number of pyridine rings is 1. The summed E-state index contributed by atoms with van der Waals surface area (Å²) >= 11 is 0. The van der Waals surface area contributed by atoms with Gasteiger partial charge in [0.1, 0.15) is 12.2 Å². The molecule has 1 amide bonds. The highest BCUT2D eigenvalue weighted by atomic mass is 16.5. The van der Waals surface area contributed by atoms with Crippen LogP contribution in [0.15, 0.2) is 24.5 Å². The minimum absolute atomic E-state index is 0.0390. The van der Waals surface area contributed by atoms with Gasteiger partial charge in [0.15, 0.2) is 0 Å². The second-order valence-electron chi connectivity index (χ2n) is 4.89. The van der Waals surface area contributed by atoms with Gasteiger partial charge in [-0.05, 0) is 12.1 Å². The summed E-state index contributed by atoms with van der Waals surface area (Å²) in [6.07, 6.45) is 3.39. The summed E-state index contributed by atoms with van der Waals surface area (Å²) in [7, 11) is 0. The Labute approximate surface area is 111 Å². The van der Waals surface area contributed by atoms with Crippen LogP contribution in [0.5, 0.6) is 0 Å². The molecule has 1 unspecified atom stereocenters. The molecule has 1 aromatic heterocycles. The fourth-order valence-electron chi connectivity index (χ4n) is 2.43. The summed E-state index contributed by atoms with van der Waals surface area (Å²) in [4.78, 5) is 17.8. The molecule has 6 heteroatoms. The number of hydrogen-bond acceptors (Lipinski definition) is 5. The summed E-state index contributed by atoms with van der Waals surface area (Å²) in [6, 6.07) is 3.71. The lowest BCUT2D eigenvalue weighted by Gasteiger charge is -2.41. The van der Waals surface area contributed by atoms with Crippen LogP contribution in [-0.4, -0.2) is 55.9 Å². The number of aromatic nitrogens is 1. The summed E-state index contributed by atoms with van der Waals surface area (Å²) < 4.78 is 11.3. The highest BCUT2D eigenvalue weighted by molar-refractivity contribution is 5.95.